The topological polar surface area (TPSA) is 160 Å². The van der Waals surface area contributed by atoms with Crippen LogP contribution in [0.3, 0.4) is 0 Å². The van der Waals surface area contributed by atoms with Crippen molar-refractivity contribution in [2.75, 3.05) is 18.8 Å². The van der Waals surface area contributed by atoms with Gasteiger partial charge in [-0.1, -0.05) is 12.5 Å². The van der Waals surface area contributed by atoms with Gasteiger partial charge in [-0.2, -0.15) is 24.9 Å². The summed E-state index contributed by atoms with van der Waals surface area (Å²) in [6, 6.07) is 8.36. The van der Waals surface area contributed by atoms with Crippen LogP contribution in [0.15, 0.2) is 36.4 Å². The Balaban J connectivity index is 1.13. The molecule has 1 aromatic heterocycles. The summed E-state index contributed by atoms with van der Waals surface area (Å²) < 4.78 is 51.4. The van der Waals surface area contributed by atoms with Gasteiger partial charge in [-0.25, -0.2) is 14.6 Å². The van der Waals surface area contributed by atoms with Gasteiger partial charge in [0, 0.05) is 48.7 Å². The molecule has 3 atom stereocenters. The number of benzene rings is 1. The fourth-order valence-corrected chi connectivity index (χ4v) is 7.03. The minimum absolute atomic E-state index is 0.0159. The number of carbonyl (C=O) groups is 4. The van der Waals surface area contributed by atoms with Crippen molar-refractivity contribution in [1.82, 2.24) is 31.6 Å². The van der Waals surface area contributed by atoms with E-state index in [0.29, 0.717) is 31.2 Å². The Labute approximate surface area is 293 Å². The van der Waals surface area contributed by atoms with Gasteiger partial charge in [-0.3, -0.25) is 9.59 Å². The van der Waals surface area contributed by atoms with Crippen molar-refractivity contribution in [2.24, 2.45) is 0 Å². The third-order valence-electron chi connectivity index (χ3n) is 7.85. The van der Waals surface area contributed by atoms with E-state index in [1.165, 1.54) is 18.2 Å². The number of alkyl halides is 3. The lowest BCUT2D eigenvalue weighted by molar-refractivity contribution is -0.141. The summed E-state index contributed by atoms with van der Waals surface area (Å²) in [5, 5.41) is 14.5. The van der Waals surface area contributed by atoms with Gasteiger partial charge in [0.15, 0.2) is 0 Å². The van der Waals surface area contributed by atoms with Crippen LogP contribution in [0.2, 0.25) is 0 Å². The van der Waals surface area contributed by atoms with Crippen molar-refractivity contribution >= 4 is 35.7 Å². The van der Waals surface area contributed by atoms with Gasteiger partial charge >= 0.3 is 18.3 Å². The molecule has 3 heterocycles. The molecule has 0 bridgehead atoms. The number of nitrogens with one attached hydrogen (secondary N) is 5. The molecule has 1 aromatic carbocycles. The quantitative estimate of drug-likeness (QED) is 0.110. The van der Waals surface area contributed by atoms with E-state index in [-0.39, 0.29) is 59.2 Å². The van der Waals surface area contributed by atoms with E-state index < -0.39 is 23.6 Å². The highest BCUT2D eigenvalue weighted by molar-refractivity contribution is 8.00. The summed E-state index contributed by atoms with van der Waals surface area (Å²) in [4.78, 5) is 52.0. The lowest BCUT2D eigenvalue weighted by Gasteiger charge is -2.20. The van der Waals surface area contributed by atoms with Gasteiger partial charge in [0.1, 0.15) is 17.0 Å². The Morgan fingerprint density at radius 1 is 0.960 bits per heavy atom. The molecule has 12 nitrogen and oxygen atoms in total. The SMILES string of the molecule is CC(C)(C)OC(=O)NCc1cc(Oc2cccc(C(=O)NCCCCCNC(=O)CCCC[C@@H]3SC[C@@H]4NC(=O)N[C@@H]43)c2)nc(C(F)(F)F)c1. The van der Waals surface area contributed by atoms with Crippen LogP contribution >= 0.6 is 11.8 Å². The molecule has 0 radical (unpaired) electrons. The number of amides is 5. The Morgan fingerprint density at radius 2 is 1.72 bits per heavy atom. The van der Waals surface area contributed by atoms with Gasteiger partial charge in [-0.15, -0.1) is 0 Å². The summed E-state index contributed by atoms with van der Waals surface area (Å²) >= 11 is 1.87. The van der Waals surface area contributed by atoms with E-state index in [1.54, 1.807) is 32.9 Å². The Hall–Kier alpha value is -4.21. The van der Waals surface area contributed by atoms with Crippen LogP contribution in [-0.2, 0) is 22.3 Å². The predicted molar refractivity (Wildman–Crippen MR) is 182 cm³/mol. The molecular weight excluding hydrogens is 677 g/mol. The van der Waals surface area contributed by atoms with E-state index in [1.807, 2.05) is 11.8 Å². The first-order valence-electron chi connectivity index (χ1n) is 16.7. The summed E-state index contributed by atoms with van der Waals surface area (Å²) in [5.74, 6) is 0.316. The van der Waals surface area contributed by atoms with Crippen molar-refractivity contribution in [3.8, 4) is 11.6 Å². The zero-order valence-corrected chi connectivity index (χ0v) is 29.2. The molecule has 2 aliphatic heterocycles. The van der Waals surface area contributed by atoms with Crippen molar-refractivity contribution in [2.45, 2.75) is 101 Å². The molecule has 4 rings (SSSR count). The highest BCUT2D eigenvalue weighted by Crippen LogP contribution is 2.33. The van der Waals surface area contributed by atoms with E-state index >= 15 is 0 Å². The van der Waals surface area contributed by atoms with Crippen LogP contribution in [0, 0.1) is 0 Å². The number of aromatic nitrogens is 1. The molecule has 274 valence electrons. The largest absolute Gasteiger partial charge is 0.444 e. The summed E-state index contributed by atoms with van der Waals surface area (Å²) in [6.45, 7) is 5.69. The van der Waals surface area contributed by atoms with Crippen LogP contribution in [-0.4, -0.2) is 70.7 Å². The van der Waals surface area contributed by atoms with E-state index in [9.17, 15) is 32.3 Å². The third-order valence-corrected chi connectivity index (χ3v) is 9.36. The first kappa shape index (κ1) is 38.6. The maximum atomic E-state index is 13.6. The molecule has 5 amide bonds. The van der Waals surface area contributed by atoms with Gasteiger partial charge < -0.3 is 36.1 Å². The molecule has 16 heteroatoms. The number of unbranched alkanes of at least 4 members (excludes halogenated alkanes) is 3. The van der Waals surface area contributed by atoms with Crippen molar-refractivity contribution in [3.63, 3.8) is 0 Å². The normalized spacial score (nSPS) is 18.4. The van der Waals surface area contributed by atoms with E-state index in [0.717, 1.165) is 43.9 Å². The number of halogens is 3. The highest BCUT2D eigenvalue weighted by Gasteiger charge is 2.42. The maximum absolute atomic E-state index is 13.6. The van der Waals surface area contributed by atoms with Crippen molar-refractivity contribution in [3.05, 3.63) is 53.2 Å². The van der Waals surface area contributed by atoms with Gasteiger partial charge in [0.25, 0.3) is 5.91 Å². The molecular formula is C34H45F3N6O6S. The fraction of sp³-hybridized carbons (Fsp3) is 0.559. The number of hydrogen-bond acceptors (Lipinski definition) is 8. The number of rotatable bonds is 16. The van der Waals surface area contributed by atoms with E-state index in [4.69, 9.17) is 9.47 Å². The van der Waals surface area contributed by atoms with Crippen LogP contribution in [0.25, 0.3) is 0 Å². The Morgan fingerprint density at radius 3 is 2.46 bits per heavy atom. The molecule has 2 aliphatic rings. The lowest BCUT2D eigenvalue weighted by Crippen LogP contribution is -2.36. The summed E-state index contributed by atoms with van der Waals surface area (Å²) in [6.07, 6.45) is -0.149. The molecule has 2 fully saturated rings. The van der Waals surface area contributed by atoms with Crippen LogP contribution < -0.4 is 31.3 Å². The lowest BCUT2D eigenvalue weighted by atomic mass is 10.0. The van der Waals surface area contributed by atoms with E-state index in [2.05, 4.69) is 31.6 Å². The second-order valence-corrected chi connectivity index (χ2v) is 14.5. The molecule has 2 aromatic rings. The number of hydrogen-bond donors (Lipinski definition) is 5. The first-order chi connectivity index (χ1) is 23.7. The standard InChI is InChI=1S/C34H45F3N6O6S/c1-33(2,3)49-32(47)40-19-21-16-26(34(35,36)37)42-28(17-21)48-23-11-9-10-22(18-23)30(45)39-15-8-4-7-14-38-27(44)13-6-5-12-25-29-24(20-50-25)41-31(46)43-29/h9-11,16-18,24-25,29H,4-8,12-15,19-20H2,1-3H3,(H,38,44)(H,39,45)(H,40,47)(H2,41,43,46)/t24-,25-,29-/m0/s1. The van der Waals surface area contributed by atoms with Crippen LogP contribution in [0.5, 0.6) is 11.6 Å². The number of fused-ring (bicyclic) bond motifs is 1. The molecule has 50 heavy (non-hydrogen) atoms. The second-order valence-electron chi connectivity index (χ2n) is 13.2. The minimum atomic E-state index is -4.76. The van der Waals surface area contributed by atoms with Crippen molar-refractivity contribution < 1.29 is 41.8 Å². The first-order valence-corrected chi connectivity index (χ1v) is 17.8. The number of nitrogens with zero attached hydrogens (tertiary/aromatic N) is 1. The number of thioether (sulfide) groups is 1. The van der Waals surface area contributed by atoms with Gasteiger partial charge in [-0.05, 0) is 82.7 Å². The zero-order valence-electron chi connectivity index (χ0n) is 28.4. The Bertz CT molecular complexity index is 1500. The maximum Gasteiger partial charge on any atom is 0.433 e. The summed E-state index contributed by atoms with van der Waals surface area (Å²) in [5.41, 5.74) is -1.63. The highest BCUT2D eigenvalue weighted by atomic mass is 32.2. The number of pyridine rings is 1. The Kier molecular flexibility index (Phi) is 13.6. The number of urea groups is 1. The predicted octanol–water partition coefficient (Wildman–Crippen LogP) is 5.66. The van der Waals surface area contributed by atoms with Crippen LogP contribution in [0.1, 0.15) is 87.3 Å². The molecule has 0 unspecified atom stereocenters. The molecule has 0 spiro atoms. The smallest absolute Gasteiger partial charge is 0.433 e. The molecule has 0 saturated carbocycles. The monoisotopic (exact) mass is 722 g/mol. The molecule has 5 N–H and O–H groups in total. The second kappa shape index (κ2) is 17.6. The number of ether oxygens (including phenoxy) is 2. The average Bonchev–Trinajstić information content (AvgIpc) is 3.59. The minimum Gasteiger partial charge on any atom is -0.444 e. The zero-order chi connectivity index (χ0) is 36.3. The third kappa shape index (κ3) is 12.6. The van der Waals surface area contributed by atoms with Gasteiger partial charge in [0.05, 0.1) is 12.1 Å². The van der Waals surface area contributed by atoms with Crippen molar-refractivity contribution in [1.29, 1.82) is 0 Å². The van der Waals surface area contributed by atoms with Crippen LogP contribution in [0.4, 0.5) is 22.8 Å². The molecule has 0 aliphatic carbocycles. The van der Waals surface area contributed by atoms with Gasteiger partial charge in [0.2, 0.25) is 11.8 Å². The number of carbonyl (C=O) groups excluding carboxylic acids is 4. The average molecular weight is 723 g/mol. The summed E-state index contributed by atoms with van der Waals surface area (Å²) in [7, 11) is 0. The number of alkyl carbamates (subject to hydrolysis) is 1. The molecule has 2 saturated heterocycles. The fourth-order valence-electron chi connectivity index (χ4n) is 5.49.